The first-order valence-corrected chi connectivity index (χ1v) is 3.08. The Balaban J connectivity index is 2.40. The maximum absolute atomic E-state index is 11.7. The van der Waals surface area contributed by atoms with Crippen LogP contribution >= 0.6 is 0 Å². The molecule has 9 heavy (non-hydrogen) atoms. The largest absolute Gasteiger partial charge is 0.391 e. The molecule has 1 atom stereocenters. The number of alkyl halides is 3. The van der Waals surface area contributed by atoms with Crippen LogP contribution in [0.4, 0.5) is 13.2 Å². The first kappa shape index (κ1) is 6.90. The summed E-state index contributed by atoms with van der Waals surface area (Å²) in [6, 6.07) is 0. The molecular formula is C6H9F3. The van der Waals surface area contributed by atoms with E-state index in [1.807, 2.05) is 0 Å². The topological polar surface area (TPSA) is 0 Å². The third-order valence-electron chi connectivity index (χ3n) is 1.85. The Labute approximate surface area is 52.1 Å². The lowest BCUT2D eigenvalue weighted by molar-refractivity contribution is -0.174. The first-order valence-electron chi connectivity index (χ1n) is 3.08. The van der Waals surface area contributed by atoms with E-state index in [1.165, 1.54) is 6.92 Å². The summed E-state index contributed by atoms with van der Waals surface area (Å²) in [5, 5.41) is 0. The fourth-order valence-electron chi connectivity index (χ4n) is 0.863. The van der Waals surface area contributed by atoms with Crippen molar-refractivity contribution in [2.75, 3.05) is 0 Å². The molecule has 0 aromatic carbocycles. The van der Waals surface area contributed by atoms with Crippen molar-refractivity contribution < 1.29 is 13.2 Å². The van der Waals surface area contributed by atoms with Gasteiger partial charge >= 0.3 is 6.18 Å². The summed E-state index contributed by atoms with van der Waals surface area (Å²) in [4.78, 5) is 0. The SMILES string of the molecule is C[C@H](C1CC1)C(F)(F)F. The Kier molecular flexibility index (Phi) is 1.45. The van der Waals surface area contributed by atoms with Crippen LogP contribution in [0.25, 0.3) is 0 Å². The van der Waals surface area contributed by atoms with E-state index in [4.69, 9.17) is 0 Å². The lowest BCUT2D eigenvalue weighted by atomic mass is 10.1. The second-order valence-electron chi connectivity index (χ2n) is 2.67. The van der Waals surface area contributed by atoms with Gasteiger partial charge in [-0.05, 0) is 18.8 Å². The van der Waals surface area contributed by atoms with E-state index in [-0.39, 0.29) is 5.92 Å². The second kappa shape index (κ2) is 1.89. The van der Waals surface area contributed by atoms with E-state index in [0.29, 0.717) is 0 Å². The molecule has 0 aromatic heterocycles. The summed E-state index contributed by atoms with van der Waals surface area (Å²) in [6.45, 7) is 1.26. The van der Waals surface area contributed by atoms with Gasteiger partial charge in [-0.3, -0.25) is 0 Å². The zero-order chi connectivity index (χ0) is 7.07. The number of halogens is 3. The zero-order valence-electron chi connectivity index (χ0n) is 5.20. The van der Waals surface area contributed by atoms with Crippen LogP contribution in [0.5, 0.6) is 0 Å². The Morgan fingerprint density at radius 2 is 1.78 bits per heavy atom. The molecule has 1 aliphatic carbocycles. The molecule has 0 amide bonds. The van der Waals surface area contributed by atoms with E-state index < -0.39 is 12.1 Å². The molecule has 0 saturated heterocycles. The summed E-state index contributed by atoms with van der Waals surface area (Å²) in [5.74, 6) is -1.14. The minimum Gasteiger partial charge on any atom is -0.171 e. The van der Waals surface area contributed by atoms with Gasteiger partial charge < -0.3 is 0 Å². The number of hydrogen-bond donors (Lipinski definition) is 0. The molecule has 0 spiro atoms. The Morgan fingerprint density at radius 3 is 1.89 bits per heavy atom. The molecule has 0 aromatic rings. The average Bonchev–Trinajstić information content (AvgIpc) is 2.40. The van der Waals surface area contributed by atoms with Gasteiger partial charge in [0.05, 0.1) is 5.92 Å². The minimum atomic E-state index is -3.96. The predicted octanol–water partition coefficient (Wildman–Crippen LogP) is 2.59. The van der Waals surface area contributed by atoms with E-state index in [2.05, 4.69) is 0 Å². The number of rotatable bonds is 1. The normalized spacial score (nSPS) is 24.0. The van der Waals surface area contributed by atoms with Crippen molar-refractivity contribution in [3.8, 4) is 0 Å². The van der Waals surface area contributed by atoms with Crippen LogP contribution in [-0.2, 0) is 0 Å². The zero-order valence-corrected chi connectivity index (χ0v) is 5.20. The van der Waals surface area contributed by atoms with Gasteiger partial charge in [0, 0.05) is 0 Å². The average molecular weight is 138 g/mol. The van der Waals surface area contributed by atoms with Gasteiger partial charge in [-0.1, -0.05) is 6.92 Å². The van der Waals surface area contributed by atoms with Crippen molar-refractivity contribution in [1.29, 1.82) is 0 Å². The molecule has 0 aliphatic heterocycles. The van der Waals surface area contributed by atoms with Crippen LogP contribution in [0, 0.1) is 11.8 Å². The van der Waals surface area contributed by atoms with E-state index in [9.17, 15) is 13.2 Å². The second-order valence-corrected chi connectivity index (χ2v) is 2.67. The van der Waals surface area contributed by atoms with Gasteiger partial charge in [-0.25, -0.2) is 0 Å². The van der Waals surface area contributed by atoms with Crippen LogP contribution in [0.15, 0.2) is 0 Å². The van der Waals surface area contributed by atoms with Crippen molar-refractivity contribution >= 4 is 0 Å². The van der Waals surface area contributed by atoms with Crippen molar-refractivity contribution in [3.05, 3.63) is 0 Å². The summed E-state index contributed by atoms with van der Waals surface area (Å²) in [7, 11) is 0. The predicted molar refractivity (Wildman–Crippen MR) is 27.9 cm³/mol. The summed E-state index contributed by atoms with van der Waals surface area (Å²) in [6.07, 6.45) is -2.43. The maximum atomic E-state index is 11.7. The molecule has 0 N–H and O–H groups in total. The highest BCUT2D eigenvalue weighted by molar-refractivity contribution is 4.82. The van der Waals surface area contributed by atoms with Crippen LogP contribution in [0.1, 0.15) is 19.8 Å². The lowest BCUT2D eigenvalue weighted by Crippen LogP contribution is -2.21. The van der Waals surface area contributed by atoms with E-state index >= 15 is 0 Å². The van der Waals surface area contributed by atoms with Gasteiger partial charge in [0.1, 0.15) is 0 Å². The van der Waals surface area contributed by atoms with Crippen LogP contribution in [0.3, 0.4) is 0 Å². The van der Waals surface area contributed by atoms with Crippen molar-refractivity contribution in [2.45, 2.75) is 25.9 Å². The van der Waals surface area contributed by atoms with Crippen molar-refractivity contribution in [2.24, 2.45) is 11.8 Å². The van der Waals surface area contributed by atoms with Gasteiger partial charge in [-0.2, -0.15) is 13.2 Å². The third-order valence-corrected chi connectivity index (χ3v) is 1.85. The fraction of sp³-hybridized carbons (Fsp3) is 1.00. The molecule has 0 radical (unpaired) electrons. The molecule has 0 bridgehead atoms. The summed E-state index contributed by atoms with van der Waals surface area (Å²) >= 11 is 0. The van der Waals surface area contributed by atoms with Crippen molar-refractivity contribution in [1.82, 2.24) is 0 Å². The van der Waals surface area contributed by atoms with Gasteiger partial charge in [0.25, 0.3) is 0 Å². The molecule has 0 heterocycles. The monoisotopic (exact) mass is 138 g/mol. The Hall–Kier alpha value is -0.210. The molecule has 54 valence electrons. The van der Waals surface area contributed by atoms with Gasteiger partial charge in [0.2, 0.25) is 0 Å². The number of hydrogen-bond acceptors (Lipinski definition) is 0. The quantitative estimate of drug-likeness (QED) is 0.522. The first-order chi connectivity index (χ1) is 4.02. The van der Waals surface area contributed by atoms with Crippen LogP contribution in [0.2, 0.25) is 0 Å². The highest BCUT2D eigenvalue weighted by atomic mass is 19.4. The molecule has 0 nitrogen and oxygen atoms in total. The molecule has 1 saturated carbocycles. The van der Waals surface area contributed by atoms with Crippen LogP contribution in [-0.4, -0.2) is 6.18 Å². The fourth-order valence-corrected chi connectivity index (χ4v) is 0.863. The maximum Gasteiger partial charge on any atom is 0.391 e. The van der Waals surface area contributed by atoms with Crippen LogP contribution < -0.4 is 0 Å². The molecule has 3 heteroatoms. The summed E-state index contributed by atoms with van der Waals surface area (Å²) in [5.41, 5.74) is 0. The van der Waals surface area contributed by atoms with E-state index in [1.54, 1.807) is 0 Å². The van der Waals surface area contributed by atoms with Gasteiger partial charge in [-0.15, -0.1) is 0 Å². The molecule has 1 fully saturated rings. The Bertz CT molecular complexity index is 101. The molecular weight excluding hydrogens is 129 g/mol. The van der Waals surface area contributed by atoms with Gasteiger partial charge in [0.15, 0.2) is 0 Å². The Morgan fingerprint density at radius 1 is 1.33 bits per heavy atom. The van der Waals surface area contributed by atoms with E-state index in [0.717, 1.165) is 12.8 Å². The summed E-state index contributed by atoms with van der Waals surface area (Å²) < 4.78 is 35.2. The molecule has 1 aliphatic rings. The molecule has 0 unspecified atom stereocenters. The van der Waals surface area contributed by atoms with Crippen molar-refractivity contribution in [3.63, 3.8) is 0 Å². The molecule has 1 rings (SSSR count). The highest BCUT2D eigenvalue weighted by Crippen LogP contribution is 2.44. The lowest BCUT2D eigenvalue weighted by Gasteiger charge is -2.13. The highest BCUT2D eigenvalue weighted by Gasteiger charge is 2.45. The smallest absolute Gasteiger partial charge is 0.171 e. The minimum absolute atomic E-state index is 0.0648. The third kappa shape index (κ3) is 1.60. The standard InChI is InChI=1S/C6H9F3/c1-4(5-2-3-5)6(7,8)9/h4-5H,2-3H2,1H3/t4-/m1/s1.